The molecular weight excluding hydrogens is 276 g/mol. The van der Waals surface area contributed by atoms with E-state index in [1.807, 2.05) is 0 Å². The topological polar surface area (TPSA) is 37.3 Å². The number of aldehydes is 1. The molecule has 1 aliphatic carbocycles. The predicted molar refractivity (Wildman–Crippen MR) is 49.6 cm³/mol. The van der Waals surface area contributed by atoms with E-state index in [4.69, 9.17) is 0 Å². The third kappa shape index (κ3) is 2.01. The van der Waals surface area contributed by atoms with Crippen LogP contribution in [0.2, 0.25) is 0 Å². The quantitative estimate of drug-likeness (QED) is 0.452. The van der Waals surface area contributed by atoms with Crippen LogP contribution in [0.5, 0.6) is 0 Å². The molecule has 0 amide bonds. The molecule has 4 heteroatoms. The first kappa shape index (κ1) is 9.16. The van der Waals surface area contributed by atoms with Gasteiger partial charge in [0.05, 0.1) is 5.92 Å². The molecule has 0 aromatic heterocycles. The zero-order valence-electron chi connectivity index (χ0n) is 5.50. The minimum Gasteiger partial charge on any atom is -0.371 e. The first-order valence-corrected chi connectivity index (χ1v) is 4.58. The Labute approximate surface area is 81.2 Å². The SMILES string of the molecule is O=CC1C=CC(O)(Br)C(Br)=C1. The molecule has 0 spiro atoms. The van der Waals surface area contributed by atoms with Crippen LogP contribution in [0.3, 0.4) is 0 Å². The molecule has 11 heavy (non-hydrogen) atoms. The summed E-state index contributed by atoms with van der Waals surface area (Å²) in [7, 11) is 0. The van der Waals surface area contributed by atoms with Crippen LogP contribution in [-0.2, 0) is 4.79 Å². The maximum Gasteiger partial charge on any atom is 0.169 e. The first-order valence-electron chi connectivity index (χ1n) is 3.00. The van der Waals surface area contributed by atoms with Crippen molar-refractivity contribution in [1.29, 1.82) is 0 Å². The molecule has 0 radical (unpaired) electrons. The zero-order valence-corrected chi connectivity index (χ0v) is 8.67. The van der Waals surface area contributed by atoms with E-state index in [0.29, 0.717) is 4.48 Å². The minimum absolute atomic E-state index is 0.234. The standard InChI is InChI=1S/C7H6Br2O2/c8-6-3-5(4-10)1-2-7(6,9)11/h1-5,11H. The van der Waals surface area contributed by atoms with Crippen molar-refractivity contribution in [2.75, 3.05) is 0 Å². The summed E-state index contributed by atoms with van der Waals surface area (Å²) in [5.41, 5.74) is 0. The second-order valence-corrected chi connectivity index (χ2v) is 4.32. The van der Waals surface area contributed by atoms with Gasteiger partial charge in [0.1, 0.15) is 6.29 Å². The Morgan fingerprint density at radius 2 is 2.36 bits per heavy atom. The number of halogens is 2. The summed E-state index contributed by atoms with van der Waals surface area (Å²) in [5.74, 6) is -0.234. The average molecular weight is 282 g/mol. The smallest absolute Gasteiger partial charge is 0.169 e. The van der Waals surface area contributed by atoms with Crippen molar-refractivity contribution in [2.24, 2.45) is 5.92 Å². The van der Waals surface area contributed by atoms with Crippen LogP contribution in [-0.4, -0.2) is 15.9 Å². The van der Waals surface area contributed by atoms with Gasteiger partial charge in [0, 0.05) is 4.48 Å². The Morgan fingerprint density at radius 1 is 1.73 bits per heavy atom. The van der Waals surface area contributed by atoms with Crippen molar-refractivity contribution >= 4 is 38.1 Å². The second-order valence-electron chi connectivity index (χ2n) is 2.26. The van der Waals surface area contributed by atoms with Crippen molar-refractivity contribution in [3.05, 3.63) is 22.7 Å². The Balaban J connectivity index is 2.88. The number of rotatable bonds is 1. The summed E-state index contributed by atoms with van der Waals surface area (Å²) in [6, 6.07) is 0. The largest absolute Gasteiger partial charge is 0.371 e. The number of hydrogen-bond acceptors (Lipinski definition) is 2. The van der Waals surface area contributed by atoms with Crippen molar-refractivity contribution in [1.82, 2.24) is 0 Å². The molecule has 1 aliphatic rings. The fourth-order valence-corrected chi connectivity index (χ4v) is 1.47. The summed E-state index contributed by atoms with van der Waals surface area (Å²) in [5, 5.41) is 9.46. The van der Waals surface area contributed by atoms with Gasteiger partial charge in [-0.3, -0.25) is 0 Å². The van der Waals surface area contributed by atoms with Gasteiger partial charge in [0.25, 0.3) is 0 Å². The summed E-state index contributed by atoms with van der Waals surface area (Å²) < 4.78 is -0.573. The van der Waals surface area contributed by atoms with Crippen LogP contribution in [0.4, 0.5) is 0 Å². The highest BCUT2D eigenvalue weighted by atomic mass is 79.9. The van der Waals surface area contributed by atoms with E-state index >= 15 is 0 Å². The van der Waals surface area contributed by atoms with E-state index in [9.17, 15) is 9.90 Å². The number of alkyl halides is 1. The number of allylic oxidation sites excluding steroid dienone is 2. The Hall–Kier alpha value is 0.0700. The second kappa shape index (κ2) is 3.21. The Bertz CT molecular complexity index is 231. The number of carbonyl (C=O) groups excluding carboxylic acids is 1. The highest BCUT2D eigenvalue weighted by Gasteiger charge is 2.26. The van der Waals surface area contributed by atoms with Crippen molar-refractivity contribution in [2.45, 2.75) is 4.51 Å². The minimum atomic E-state index is -1.13. The fraction of sp³-hybridized carbons (Fsp3) is 0.286. The molecule has 2 nitrogen and oxygen atoms in total. The summed E-state index contributed by atoms with van der Waals surface area (Å²) in [6.07, 6.45) is 5.60. The normalized spacial score (nSPS) is 36.6. The van der Waals surface area contributed by atoms with E-state index in [-0.39, 0.29) is 5.92 Å². The molecule has 0 saturated heterocycles. The summed E-state index contributed by atoms with van der Waals surface area (Å²) in [6.45, 7) is 0. The van der Waals surface area contributed by atoms with Crippen molar-refractivity contribution < 1.29 is 9.90 Å². The fourth-order valence-electron chi connectivity index (χ4n) is 0.744. The summed E-state index contributed by atoms with van der Waals surface area (Å²) in [4.78, 5) is 10.3. The van der Waals surface area contributed by atoms with Gasteiger partial charge >= 0.3 is 0 Å². The van der Waals surface area contributed by atoms with Gasteiger partial charge in [-0.15, -0.1) is 0 Å². The van der Waals surface area contributed by atoms with Crippen LogP contribution in [0.1, 0.15) is 0 Å². The number of carbonyl (C=O) groups is 1. The van der Waals surface area contributed by atoms with Gasteiger partial charge in [-0.05, 0) is 22.0 Å². The van der Waals surface area contributed by atoms with Crippen LogP contribution in [0.15, 0.2) is 22.7 Å². The van der Waals surface area contributed by atoms with Gasteiger partial charge in [0.15, 0.2) is 4.51 Å². The molecule has 2 unspecified atom stereocenters. The molecule has 0 bridgehead atoms. The molecule has 0 saturated carbocycles. The molecule has 0 heterocycles. The Kier molecular flexibility index (Phi) is 2.67. The van der Waals surface area contributed by atoms with E-state index in [0.717, 1.165) is 6.29 Å². The lowest BCUT2D eigenvalue weighted by Gasteiger charge is -2.21. The van der Waals surface area contributed by atoms with E-state index in [1.54, 1.807) is 12.2 Å². The zero-order chi connectivity index (χ0) is 8.48. The lowest BCUT2D eigenvalue weighted by Crippen LogP contribution is -2.20. The molecule has 0 aliphatic heterocycles. The van der Waals surface area contributed by atoms with Crippen LogP contribution in [0.25, 0.3) is 0 Å². The van der Waals surface area contributed by atoms with Gasteiger partial charge in [0.2, 0.25) is 0 Å². The number of hydrogen-bond donors (Lipinski definition) is 1. The molecule has 1 N–H and O–H groups in total. The maximum atomic E-state index is 10.3. The van der Waals surface area contributed by atoms with E-state index in [1.165, 1.54) is 6.08 Å². The number of aliphatic hydroxyl groups is 1. The molecule has 1 rings (SSSR count). The Morgan fingerprint density at radius 3 is 2.82 bits per heavy atom. The first-order chi connectivity index (χ1) is 5.06. The predicted octanol–water partition coefficient (Wildman–Crippen LogP) is 1.73. The highest BCUT2D eigenvalue weighted by Crippen LogP contribution is 2.34. The van der Waals surface area contributed by atoms with E-state index in [2.05, 4.69) is 31.9 Å². The molecule has 2 atom stereocenters. The van der Waals surface area contributed by atoms with Gasteiger partial charge in [-0.1, -0.05) is 28.1 Å². The van der Waals surface area contributed by atoms with Crippen LogP contribution in [0, 0.1) is 5.92 Å². The monoisotopic (exact) mass is 280 g/mol. The molecule has 60 valence electrons. The molecule has 0 aromatic carbocycles. The van der Waals surface area contributed by atoms with Gasteiger partial charge < -0.3 is 9.90 Å². The molecule has 0 aromatic rings. The van der Waals surface area contributed by atoms with Crippen molar-refractivity contribution in [3.8, 4) is 0 Å². The third-order valence-electron chi connectivity index (χ3n) is 1.37. The lowest BCUT2D eigenvalue weighted by atomic mass is 10.0. The highest BCUT2D eigenvalue weighted by molar-refractivity contribution is 9.14. The van der Waals surface area contributed by atoms with Crippen LogP contribution < -0.4 is 0 Å². The average Bonchev–Trinajstić information content (AvgIpc) is 1.95. The summed E-state index contributed by atoms with van der Waals surface area (Å²) >= 11 is 6.20. The maximum absolute atomic E-state index is 10.3. The van der Waals surface area contributed by atoms with Gasteiger partial charge in [-0.2, -0.15) is 0 Å². The van der Waals surface area contributed by atoms with Crippen molar-refractivity contribution in [3.63, 3.8) is 0 Å². The lowest BCUT2D eigenvalue weighted by molar-refractivity contribution is -0.108. The van der Waals surface area contributed by atoms with E-state index < -0.39 is 4.51 Å². The van der Waals surface area contributed by atoms with Crippen LogP contribution >= 0.6 is 31.9 Å². The van der Waals surface area contributed by atoms with Gasteiger partial charge in [-0.25, -0.2) is 0 Å². The molecular formula is C7H6Br2O2. The third-order valence-corrected chi connectivity index (χ3v) is 3.46. The molecule has 0 fully saturated rings.